The van der Waals surface area contributed by atoms with E-state index in [9.17, 15) is 9.59 Å². The van der Waals surface area contributed by atoms with E-state index in [1.807, 2.05) is 24.3 Å². The molecule has 2 aromatic carbocycles. The minimum Gasteiger partial charge on any atom is -0.496 e. The topological polar surface area (TPSA) is 125 Å². The Balaban J connectivity index is 1.60. The Morgan fingerprint density at radius 2 is 1.89 bits per heavy atom. The van der Waals surface area contributed by atoms with Crippen LogP contribution in [-0.4, -0.2) is 39.1 Å². The van der Waals surface area contributed by atoms with Gasteiger partial charge in [-0.1, -0.05) is 30.3 Å². The molecule has 27 heavy (non-hydrogen) atoms. The number of amides is 2. The average molecular weight is 366 g/mol. The van der Waals surface area contributed by atoms with E-state index < -0.39 is 5.91 Å². The Kier molecular flexibility index (Phi) is 5.41. The predicted octanol–water partition coefficient (Wildman–Crippen LogP) is 0.764. The lowest BCUT2D eigenvalue weighted by Crippen LogP contribution is -2.28. The molecule has 0 saturated heterocycles. The number of nitrogens with zero attached hydrogens (tertiary/aromatic N) is 4. The molecular formula is C18H18N6O3. The van der Waals surface area contributed by atoms with Crippen molar-refractivity contribution in [1.82, 2.24) is 25.5 Å². The quantitative estimate of drug-likeness (QED) is 0.636. The highest BCUT2D eigenvalue weighted by molar-refractivity contribution is 5.93. The average Bonchev–Trinajstić information content (AvgIpc) is 3.15. The van der Waals surface area contributed by atoms with Crippen LogP contribution in [0.15, 0.2) is 48.5 Å². The van der Waals surface area contributed by atoms with Gasteiger partial charge in [-0.25, -0.2) is 0 Å². The van der Waals surface area contributed by atoms with E-state index in [4.69, 9.17) is 10.5 Å². The fourth-order valence-electron chi connectivity index (χ4n) is 2.44. The first kappa shape index (κ1) is 18.1. The number of nitrogens with two attached hydrogens (primary N) is 1. The van der Waals surface area contributed by atoms with Gasteiger partial charge in [0.1, 0.15) is 12.3 Å². The maximum Gasteiger partial charge on any atom is 0.248 e. The van der Waals surface area contributed by atoms with E-state index in [0.29, 0.717) is 29.2 Å². The van der Waals surface area contributed by atoms with Gasteiger partial charge in [-0.05, 0) is 23.4 Å². The molecule has 9 heteroatoms. The predicted molar refractivity (Wildman–Crippen MR) is 96.6 cm³/mol. The van der Waals surface area contributed by atoms with Gasteiger partial charge in [-0.15, -0.1) is 10.2 Å². The Morgan fingerprint density at radius 3 is 2.59 bits per heavy atom. The maximum atomic E-state index is 12.1. The van der Waals surface area contributed by atoms with Gasteiger partial charge in [-0.3, -0.25) is 9.59 Å². The Morgan fingerprint density at radius 1 is 1.15 bits per heavy atom. The molecule has 0 unspecified atom stereocenters. The van der Waals surface area contributed by atoms with Gasteiger partial charge in [0.2, 0.25) is 17.6 Å². The lowest BCUT2D eigenvalue weighted by Gasteiger charge is -2.09. The zero-order valence-corrected chi connectivity index (χ0v) is 14.6. The highest BCUT2D eigenvalue weighted by atomic mass is 16.5. The molecular weight excluding hydrogens is 348 g/mol. The molecule has 3 aromatic rings. The second kappa shape index (κ2) is 8.09. The van der Waals surface area contributed by atoms with Crippen molar-refractivity contribution >= 4 is 11.8 Å². The zero-order valence-electron chi connectivity index (χ0n) is 14.6. The van der Waals surface area contributed by atoms with Crippen molar-refractivity contribution < 1.29 is 14.3 Å². The lowest BCUT2D eigenvalue weighted by molar-refractivity contribution is -0.122. The summed E-state index contributed by atoms with van der Waals surface area (Å²) in [6.45, 7) is 0.264. The molecule has 0 saturated carbocycles. The molecule has 0 bridgehead atoms. The second-order valence-electron chi connectivity index (χ2n) is 5.67. The molecule has 0 spiro atoms. The number of aromatic nitrogens is 4. The van der Waals surface area contributed by atoms with E-state index in [-0.39, 0.29) is 12.5 Å². The fourth-order valence-corrected chi connectivity index (χ4v) is 2.44. The lowest BCUT2D eigenvalue weighted by atomic mass is 10.1. The summed E-state index contributed by atoms with van der Waals surface area (Å²) in [4.78, 5) is 24.4. The van der Waals surface area contributed by atoms with Crippen LogP contribution in [0.2, 0.25) is 0 Å². The van der Waals surface area contributed by atoms with Gasteiger partial charge in [0.15, 0.2) is 0 Å². The second-order valence-corrected chi connectivity index (χ2v) is 5.67. The summed E-state index contributed by atoms with van der Waals surface area (Å²) in [5.41, 5.74) is 7.14. The van der Waals surface area contributed by atoms with Crippen molar-refractivity contribution in [3.05, 3.63) is 59.7 Å². The van der Waals surface area contributed by atoms with Crippen LogP contribution in [0.1, 0.15) is 15.9 Å². The van der Waals surface area contributed by atoms with Crippen molar-refractivity contribution in [3.63, 3.8) is 0 Å². The van der Waals surface area contributed by atoms with Crippen LogP contribution in [-0.2, 0) is 17.9 Å². The van der Waals surface area contributed by atoms with Gasteiger partial charge in [0.25, 0.3) is 0 Å². The van der Waals surface area contributed by atoms with Crippen LogP contribution >= 0.6 is 0 Å². The standard InChI is InChI=1S/C18H18N6O3/c1-27-15-5-3-2-4-14(15)10-20-16(25)11-24-22-18(21-23-24)13-8-6-12(7-9-13)17(19)26/h2-9H,10-11H2,1H3,(H2,19,26)(H,20,25). The number of hydrogen-bond acceptors (Lipinski definition) is 6. The molecule has 138 valence electrons. The number of carbonyl (C=O) groups excluding carboxylic acids is 2. The number of benzene rings is 2. The van der Waals surface area contributed by atoms with Crippen LogP contribution < -0.4 is 15.8 Å². The molecule has 0 aliphatic heterocycles. The largest absolute Gasteiger partial charge is 0.496 e. The number of methoxy groups -OCH3 is 1. The summed E-state index contributed by atoms with van der Waals surface area (Å²) in [7, 11) is 1.58. The van der Waals surface area contributed by atoms with Crippen LogP contribution in [0.25, 0.3) is 11.4 Å². The van der Waals surface area contributed by atoms with Crippen molar-refractivity contribution in [2.75, 3.05) is 7.11 Å². The van der Waals surface area contributed by atoms with Gasteiger partial charge in [0, 0.05) is 23.2 Å². The minimum absolute atomic E-state index is 0.0679. The normalized spacial score (nSPS) is 10.4. The first-order valence-electron chi connectivity index (χ1n) is 8.13. The first-order chi connectivity index (χ1) is 13.1. The van der Waals surface area contributed by atoms with E-state index in [2.05, 4.69) is 20.7 Å². The smallest absolute Gasteiger partial charge is 0.248 e. The molecule has 3 rings (SSSR count). The van der Waals surface area contributed by atoms with Gasteiger partial charge < -0.3 is 15.8 Å². The zero-order chi connectivity index (χ0) is 19.2. The van der Waals surface area contributed by atoms with Gasteiger partial charge in [-0.2, -0.15) is 4.80 Å². The third-order valence-corrected chi connectivity index (χ3v) is 3.83. The van der Waals surface area contributed by atoms with Crippen molar-refractivity contribution in [1.29, 1.82) is 0 Å². The summed E-state index contributed by atoms with van der Waals surface area (Å²) < 4.78 is 5.25. The van der Waals surface area contributed by atoms with E-state index in [1.165, 1.54) is 4.80 Å². The molecule has 2 amide bonds. The number of tetrazole rings is 1. The summed E-state index contributed by atoms with van der Waals surface area (Å²) in [6.07, 6.45) is 0. The van der Waals surface area contributed by atoms with Gasteiger partial charge in [0.05, 0.1) is 7.11 Å². The van der Waals surface area contributed by atoms with Crippen LogP contribution in [0.4, 0.5) is 0 Å². The molecule has 0 aliphatic rings. The summed E-state index contributed by atoms with van der Waals surface area (Å²) in [6, 6.07) is 13.9. The molecule has 9 nitrogen and oxygen atoms in total. The summed E-state index contributed by atoms with van der Waals surface area (Å²) in [5, 5.41) is 14.8. The SMILES string of the molecule is COc1ccccc1CNC(=O)Cn1nnc(-c2ccc(C(N)=O)cc2)n1. The van der Waals surface area contributed by atoms with Gasteiger partial charge >= 0.3 is 0 Å². The fraction of sp³-hybridized carbons (Fsp3) is 0.167. The summed E-state index contributed by atoms with van der Waals surface area (Å²) in [5.74, 6) is 0.292. The van der Waals surface area contributed by atoms with Crippen LogP contribution in [0.5, 0.6) is 5.75 Å². The van der Waals surface area contributed by atoms with E-state index in [1.54, 1.807) is 31.4 Å². The number of hydrogen-bond donors (Lipinski definition) is 2. The van der Waals surface area contributed by atoms with Crippen molar-refractivity contribution in [3.8, 4) is 17.1 Å². The third-order valence-electron chi connectivity index (χ3n) is 3.83. The van der Waals surface area contributed by atoms with Crippen molar-refractivity contribution in [2.24, 2.45) is 5.73 Å². The molecule has 1 heterocycles. The maximum absolute atomic E-state index is 12.1. The molecule has 1 aromatic heterocycles. The monoisotopic (exact) mass is 366 g/mol. The highest BCUT2D eigenvalue weighted by Crippen LogP contribution is 2.17. The first-order valence-corrected chi connectivity index (χ1v) is 8.13. The van der Waals surface area contributed by atoms with Crippen LogP contribution in [0, 0.1) is 0 Å². The molecule has 0 atom stereocenters. The third kappa shape index (κ3) is 4.46. The number of rotatable bonds is 7. The highest BCUT2D eigenvalue weighted by Gasteiger charge is 2.11. The number of ether oxygens (including phenoxy) is 1. The number of para-hydroxylation sites is 1. The molecule has 3 N–H and O–H groups in total. The summed E-state index contributed by atoms with van der Waals surface area (Å²) >= 11 is 0. The Hall–Kier alpha value is -3.75. The molecule has 0 fully saturated rings. The van der Waals surface area contributed by atoms with Crippen molar-refractivity contribution in [2.45, 2.75) is 13.1 Å². The Labute approximate surface area is 155 Å². The molecule has 0 radical (unpaired) electrons. The minimum atomic E-state index is -0.509. The number of primary amides is 1. The van der Waals surface area contributed by atoms with E-state index >= 15 is 0 Å². The van der Waals surface area contributed by atoms with E-state index in [0.717, 1.165) is 5.56 Å². The Bertz CT molecular complexity index is 952. The molecule has 0 aliphatic carbocycles. The number of nitrogens with one attached hydrogen (secondary N) is 1. The number of carbonyl (C=O) groups is 2. The van der Waals surface area contributed by atoms with Crippen LogP contribution in [0.3, 0.4) is 0 Å².